The van der Waals surface area contributed by atoms with E-state index in [4.69, 9.17) is 16.3 Å². The van der Waals surface area contributed by atoms with Gasteiger partial charge >= 0.3 is 0 Å². The van der Waals surface area contributed by atoms with Crippen LogP contribution in [0.3, 0.4) is 0 Å². The third kappa shape index (κ3) is 9.37. The molecular formula is C36H39BrClN3O5S. The highest BCUT2D eigenvalue weighted by molar-refractivity contribution is 9.10. The first-order chi connectivity index (χ1) is 22.4. The van der Waals surface area contributed by atoms with E-state index >= 15 is 0 Å². The maximum absolute atomic E-state index is 14.6. The van der Waals surface area contributed by atoms with Gasteiger partial charge in [-0.15, -0.1) is 0 Å². The lowest BCUT2D eigenvalue weighted by Crippen LogP contribution is -2.54. The fourth-order valence-corrected chi connectivity index (χ4v) is 6.88. The molecule has 0 aliphatic heterocycles. The fraction of sp³-hybridized carbons (Fsp3) is 0.278. The first-order valence-electron chi connectivity index (χ1n) is 15.2. The van der Waals surface area contributed by atoms with Gasteiger partial charge in [-0.3, -0.25) is 13.9 Å². The molecule has 4 aromatic rings. The number of sulfonamides is 1. The van der Waals surface area contributed by atoms with Crippen LogP contribution < -0.4 is 14.4 Å². The molecule has 2 amide bonds. The highest BCUT2D eigenvalue weighted by Crippen LogP contribution is 2.32. The van der Waals surface area contributed by atoms with Gasteiger partial charge in [-0.2, -0.15) is 0 Å². The van der Waals surface area contributed by atoms with Crippen LogP contribution in [0.4, 0.5) is 5.69 Å². The maximum atomic E-state index is 14.6. The van der Waals surface area contributed by atoms with Crippen LogP contribution in [0.2, 0.25) is 5.02 Å². The molecule has 0 aromatic heterocycles. The number of halogens is 2. The van der Waals surface area contributed by atoms with Gasteiger partial charge in [0.05, 0.1) is 22.7 Å². The number of hydrogen-bond acceptors (Lipinski definition) is 5. The third-order valence-corrected chi connectivity index (χ3v) is 10.5. The van der Waals surface area contributed by atoms with E-state index in [2.05, 4.69) is 21.2 Å². The summed E-state index contributed by atoms with van der Waals surface area (Å²) in [6.07, 6.45) is 0.926. The Morgan fingerprint density at radius 2 is 1.60 bits per heavy atom. The summed E-state index contributed by atoms with van der Waals surface area (Å²) >= 11 is 9.91. The average Bonchev–Trinajstić information content (AvgIpc) is 3.06. The van der Waals surface area contributed by atoms with Gasteiger partial charge in [0.25, 0.3) is 10.0 Å². The van der Waals surface area contributed by atoms with Crippen LogP contribution in [0.25, 0.3) is 0 Å². The van der Waals surface area contributed by atoms with Crippen LogP contribution in [-0.2, 0) is 32.6 Å². The van der Waals surface area contributed by atoms with Crippen molar-refractivity contribution >= 4 is 55.1 Å². The second kappa shape index (κ2) is 16.3. The molecule has 1 N–H and O–H groups in total. The van der Waals surface area contributed by atoms with Gasteiger partial charge in [-0.05, 0) is 73.9 Å². The van der Waals surface area contributed by atoms with E-state index in [1.165, 1.54) is 30.2 Å². The highest BCUT2D eigenvalue weighted by Gasteiger charge is 2.35. The van der Waals surface area contributed by atoms with Crippen molar-refractivity contribution in [3.8, 4) is 5.75 Å². The van der Waals surface area contributed by atoms with Gasteiger partial charge in [-0.25, -0.2) is 8.42 Å². The van der Waals surface area contributed by atoms with Crippen molar-refractivity contribution in [1.82, 2.24) is 10.2 Å². The first-order valence-corrected chi connectivity index (χ1v) is 17.8. The zero-order valence-electron chi connectivity index (χ0n) is 26.8. The van der Waals surface area contributed by atoms with Crippen LogP contribution in [0.5, 0.6) is 5.75 Å². The maximum Gasteiger partial charge on any atom is 0.264 e. The zero-order valence-corrected chi connectivity index (χ0v) is 30.0. The highest BCUT2D eigenvalue weighted by atomic mass is 79.9. The molecule has 0 heterocycles. The molecule has 47 heavy (non-hydrogen) atoms. The number of methoxy groups -OCH3 is 1. The number of carbonyl (C=O) groups is 2. The average molecular weight is 741 g/mol. The lowest BCUT2D eigenvalue weighted by Gasteiger charge is -2.34. The van der Waals surface area contributed by atoms with Crippen LogP contribution in [0.15, 0.2) is 106 Å². The smallest absolute Gasteiger partial charge is 0.264 e. The summed E-state index contributed by atoms with van der Waals surface area (Å²) in [6.45, 7) is 5.21. The molecular weight excluding hydrogens is 702 g/mol. The monoisotopic (exact) mass is 739 g/mol. The number of hydrogen-bond donors (Lipinski definition) is 1. The number of nitrogens with one attached hydrogen (secondary N) is 1. The normalized spacial score (nSPS) is 12.6. The topological polar surface area (TPSA) is 96.0 Å². The summed E-state index contributed by atoms with van der Waals surface area (Å²) in [4.78, 5) is 30.0. The SMILES string of the molecule is CCC(C)NC(=O)C(Cc1ccccc1)N(Cc1ccc(Br)cc1)C(=O)CN(c1ccc(OC)c(Cl)c1)S(=O)(=O)c1ccc(C)cc1. The van der Waals surface area contributed by atoms with E-state index in [9.17, 15) is 18.0 Å². The van der Waals surface area contributed by atoms with E-state index in [1.54, 1.807) is 24.3 Å². The molecule has 0 radical (unpaired) electrons. The lowest BCUT2D eigenvalue weighted by atomic mass is 10.0. The molecule has 8 nitrogen and oxygen atoms in total. The van der Waals surface area contributed by atoms with Crippen molar-refractivity contribution in [2.24, 2.45) is 0 Å². The Labute approximate surface area is 290 Å². The predicted molar refractivity (Wildman–Crippen MR) is 190 cm³/mol. The Kier molecular flexibility index (Phi) is 12.5. The molecule has 0 fully saturated rings. The molecule has 0 saturated heterocycles. The van der Waals surface area contributed by atoms with Crippen molar-refractivity contribution in [3.63, 3.8) is 0 Å². The van der Waals surface area contributed by atoms with Crippen molar-refractivity contribution in [3.05, 3.63) is 123 Å². The minimum atomic E-state index is -4.26. The van der Waals surface area contributed by atoms with Crippen LogP contribution in [0.1, 0.15) is 37.0 Å². The Morgan fingerprint density at radius 3 is 2.19 bits per heavy atom. The quantitative estimate of drug-likeness (QED) is 0.148. The summed E-state index contributed by atoms with van der Waals surface area (Å²) in [5, 5.41) is 3.23. The van der Waals surface area contributed by atoms with E-state index in [0.29, 0.717) is 12.2 Å². The molecule has 0 aliphatic rings. The summed E-state index contributed by atoms with van der Waals surface area (Å²) in [6, 6.07) is 26.8. The second-order valence-corrected chi connectivity index (χ2v) is 14.5. The van der Waals surface area contributed by atoms with E-state index in [0.717, 1.165) is 25.5 Å². The van der Waals surface area contributed by atoms with Gasteiger partial charge in [0.15, 0.2) is 0 Å². The molecule has 4 rings (SSSR count). The number of rotatable bonds is 14. The number of carbonyl (C=O) groups excluding carboxylic acids is 2. The summed E-state index contributed by atoms with van der Waals surface area (Å²) < 4.78 is 35.7. The van der Waals surface area contributed by atoms with E-state index in [-0.39, 0.29) is 40.5 Å². The summed E-state index contributed by atoms with van der Waals surface area (Å²) in [7, 11) is -2.80. The van der Waals surface area contributed by atoms with Gasteiger partial charge in [0.2, 0.25) is 11.8 Å². The molecule has 11 heteroatoms. The lowest BCUT2D eigenvalue weighted by molar-refractivity contribution is -0.140. The molecule has 4 aromatic carbocycles. The number of benzene rings is 4. The predicted octanol–water partition coefficient (Wildman–Crippen LogP) is 7.17. The van der Waals surface area contributed by atoms with Gasteiger partial charge in [0.1, 0.15) is 18.3 Å². The van der Waals surface area contributed by atoms with Crippen molar-refractivity contribution in [1.29, 1.82) is 0 Å². The standard InChI is InChI=1S/C36H39BrClN3O5S/c1-5-26(3)39-36(43)33(21-27-9-7-6-8-10-27)40(23-28-13-15-29(37)16-14-28)35(42)24-41(30-17-20-34(46-4)32(38)22-30)47(44,45)31-18-11-25(2)12-19-31/h6-20,22,26,33H,5,21,23-24H2,1-4H3,(H,39,43). The number of anilines is 1. The van der Waals surface area contributed by atoms with Crippen molar-refractivity contribution < 1.29 is 22.7 Å². The van der Waals surface area contributed by atoms with Crippen LogP contribution >= 0.6 is 27.5 Å². The number of aryl methyl sites for hydroxylation is 1. The second-order valence-electron chi connectivity index (χ2n) is 11.3. The van der Waals surface area contributed by atoms with Crippen molar-refractivity contribution in [2.45, 2.75) is 57.1 Å². The summed E-state index contributed by atoms with van der Waals surface area (Å²) in [5.74, 6) is -0.527. The van der Waals surface area contributed by atoms with Crippen molar-refractivity contribution in [2.75, 3.05) is 18.0 Å². The first kappa shape index (κ1) is 36.0. The van der Waals surface area contributed by atoms with Crippen LogP contribution in [-0.4, -0.2) is 50.9 Å². The summed E-state index contributed by atoms with van der Waals surface area (Å²) in [5.41, 5.74) is 2.70. The molecule has 2 atom stereocenters. The Bertz CT molecular complexity index is 1770. The van der Waals surface area contributed by atoms with E-state index < -0.39 is 28.5 Å². The minimum Gasteiger partial charge on any atom is -0.495 e. The van der Waals surface area contributed by atoms with E-state index in [1.807, 2.05) is 75.4 Å². The minimum absolute atomic E-state index is 0.0117. The molecule has 2 unspecified atom stereocenters. The molecule has 248 valence electrons. The fourth-order valence-electron chi connectivity index (χ4n) is 4.96. The Balaban J connectivity index is 1.83. The largest absolute Gasteiger partial charge is 0.495 e. The molecule has 0 bridgehead atoms. The van der Waals surface area contributed by atoms with Gasteiger partial charge < -0.3 is 15.0 Å². The molecule has 0 saturated carbocycles. The Hall–Kier alpha value is -3.86. The zero-order chi connectivity index (χ0) is 34.1. The molecule has 0 spiro atoms. The third-order valence-electron chi connectivity index (χ3n) is 7.85. The number of nitrogens with zero attached hydrogens (tertiary/aromatic N) is 2. The van der Waals surface area contributed by atoms with Gasteiger partial charge in [0, 0.05) is 23.5 Å². The van der Waals surface area contributed by atoms with Gasteiger partial charge in [-0.1, -0.05) is 94.6 Å². The number of ether oxygens (including phenoxy) is 1. The number of amides is 2. The molecule has 0 aliphatic carbocycles. The Morgan fingerprint density at radius 1 is 0.936 bits per heavy atom. The van der Waals surface area contributed by atoms with Crippen LogP contribution in [0, 0.1) is 6.92 Å².